The van der Waals surface area contributed by atoms with E-state index in [0.29, 0.717) is 5.78 Å². The molecule has 4 rings (SSSR count). The van der Waals surface area contributed by atoms with E-state index in [1.807, 2.05) is 24.3 Å². The lowest BCUT2D eigenvalue weighted by Crippen LogP contribution is -2.45. The number of carbonyl (C=O) groups is 1. The summed E-state index contributed by atoms with van der Waals surface area (Å²) in [5.41, 5.74) is 1.80. The van der Waals surface area contributed by atoms with Crippen molar-refractivity contribution in [2.24, 2.45) is 5.92 Å². The normalized spacial score (nSPS) is 21.3. The maximum absolute atomic E-state index is 12.3. The quantitative estimate of drug-likeness (QED) is 0.784. The zero-order chi connectivity index (χ0) is 13.4. The number of ether oxygens (including phenoxy) is 1. The van der Waals surface area contributed by atoms with Gasteiger partial charge in [-0.3, -0.25) is 4.79 Å². The Balaban J connectivity index is 2.01. The van der Waals surface area contributed by atoms with Crippen LogP contribution in [0, 0.1) is 5.92 Å². The lowest BCUT2D eigenvalue weighted by Gasteiger charge is -2.41. The van der Waals surface area contributed by atoms with E-state index < -0.39 is 0 Å². The number of benzene rings is 1. The summed E-state index contributed by atoms with van der Waals surface area (Å²) in [6.45, 7) is 2.00. The summed E-state index contributed by atoms with van der Waals surface area (Å²) < 4.78 is 6.35. The highest BCUT2D eigenvalue weighted by atomic mass is 79.9. The first-order valence-electron chi connectivity index (χ1n) is 6.53. The van der Waals surface area contributed by atoms with Crippen LogP contribution in [0.4, 0.5) is 0 Å². The average Bonchev–Trinajstić information content (AvgIpc) is 2.43. The summed E-state index contributed by atoms with van der Waals surface area (Å²) in [7, 11) is 1.65. The molecule has 100 valence electrons. The average molecular weight is 322 g/mol. The molecule has 1 aromatic carbocycles. The monoisotopic (exact) mass is 321 g/mol. The molecule has 19 heavy (non-hydrogen) atoms. The Morgan fingerprint density at radius 3 is 2.74 bits per heavy atom. The van der Waals surface area contributed by atoms with E-state index in [0.717, 1.165) is 47.4 Å². The number of piperidine rings is 3. The standard InChI is InChI=1S/C15H16BrNO2/c1-19-14-3-2-12(16)8-11(14)9-13-15(18)10-4-6-17(13)7-5-10/h2-3,8-10H,4-7H2,1H3/b13-9+. The van der Waals surface area contributed by atoms with Gasteiger partial charge < -0.3 is 9.64 Å². The van der Waals surface area contributed by atoms with Gasteiger partial charge in [0.15, 0.2) is 5.78 Å². The second-order valence-electron chi connectivity index (χ2n) is 5.04. The van der Waals surface area contributed by atoms with Crippen molar-refractivity contribution in [1.29, 1.82) is 0 Å². The lowest BCUT2D eigenvalue weighted by atomic mass is 9.84. The highest BCUT2D eigenvalue weighted by molar-refractivity contribution is 9.10. The summed E-state index contributed by atoms with van der Waals surface area (Å²) in [6, 6.07) is 5.84. The number of rotatable bonds is 2. The molecule has 3 fully saturated rings. The van der Waals surface area contributed by atoms with Crippen LogP contribution in [-0.4, -0.2) is 30.9 Å². The molecular weight excluding hydrogens is 306 g/mol. The van der Waals surface area contributed by atoms with Crippen molar-refractivity contribution in [3.05, 3.63) is 33.9 Å². The molecule has 0 spiro atoms. The molecule has 0 aromatic heterocycles. The van der Waals surface area contributed by atoms with Gasteiger partial charge in [0.2, 0.25) is 0 Å². The van der Waals surface area contributed by atoms with Crippen molar-refractivity contribution in [2.75, 3.05) is 20.2 Å². The number of hydrogen-bond donors (Lipinski definition) is 0. The minimum Gasteiger partial charge on any atom is -0.496 e. The van der Waals surface area contributed by atoms with E-state index in [2.05, 4.69) is 20.8 Å². The largest absolute Gasteiger partial charge is 0.496 e. The number of methoxy groups -OCH3 is 1. The number of fused-ring (bicyclic) bond motifs is 3. The van der Waals surface area contributed by atoms with Crippen LogP contribution < -0.4 is 4.74 Å². The van der Waals surface area contributed by atoms with E-state index in [4.69, 9.17) is 4.74 Å². The fourth-order valence-corrected chi connectivity index (χ4v) is 3.25. The number of carbonyl (C=O) groups excluding carboxylic acids is 1. The Kier molecular flexibility index (Phi) is 3.35. The summed E-state index contributed by atoms with van der Waals surface area (Å²) in [4.78, 5) is 14.5. The van der Waals surface area contributed by atoms with Crippen LogP contribution in [-0.2, 0) is 4.79 Å². The van der Waals surface area contributed by atoms with Crippen LogP contribution in [0.3, 0.4) is 0 Å². The van der Waals surface area contributed by atoms with Gasteiger partial charge in [-0.1, -0.05) is 15.9 Å². The lowest BCUT2D eigenvalue weighted by molar-refractivity contribution is -0.125. The first-order chi connectivity index (χ1) is 9.19. The van der Waals surface area contributed by atoms with Crippen molar-refractivity contribution in [3.63, 3.8) is 0 Å². The van der Waals surface area contributed by atoms with Gasteiger partial charge in [0, 0.05) is 29.0 Å². The summed E-state index contributed by atoms with van der Waals surface area (Å²) in [6.07, 6.45) is 3.98. The third-order valence-corrected chi connectivity index (χ3v) is 4.44. The molecule has 3 aliphatic heterocycles. The van der Waals surface area contributed by atoms with Gasteiger partial charge in [0.25, 0.3) is 0 Å². The molecule has 0 N–H and O–H groups in total. The molecule has 3 heterocycles. The SMILES string of the molecule is COc1ccc(Br)cc1/C=C1\C(=O)C2CCN1CC2. The van der Waals surface area contributed by atoms with Gasteiger partial charge in [-0.05, 0) is 37.1 Å². The molecule has 0 radical (unpaired) electrons. The molecule has 0 atom stereocenters. The number of Topliss-reactive ketones (excluding diaryl/α,β-unsaturated/α-hetero) is 1. The third kappa shape index (κ3) is 2.29. The molecule has 1 aromatic rings. The smallest absolute Gasteiger partial charge is 0.182 e. The number of ketones is 1. The van der Waals surface area contributed by atoms with Gasteiger partial charge >= 0.3 is 0 Å². The molecule has 0 saturated carbocycles. The van der Waals surface area contributed by atoms with Crippen LogP contribution in [0.1, 0.15) is 18.4 Å². The summed E-state index contributed by atoms with van der Waals surface area (Å²) >= 11 is 3.46. The molecule has 3 saturated heterocycles. The van der Waals surface area contributed by atoms with E-state index in [9.17, 15) is 4.79 Å². The maximum atomic E-state index is 12.3. The fourth-order valence-electron chi connectivity index (χ4n) is 2.88. The van der Waals surface area contributed by atoms with Gasteiger partial charge in [0.1, 0.15) is 5.75 Å². The Morgan fingerprint density at radius 2 is 2.11 bits per heavy atom. The van der Waals surface area contributed by atoms with Crippen LogP contribution in [0.25, 0.3) is 6.08 Å². The molecule has 2 bridgehead atoms. The first kappa shape index (κ1) is 12.7. The zero-order valence-electron chi connectivity index (χ0n) is 10.9. The van der Waals surface area contributed by atoms with Gasteiger partial charge in [-0.2, -0.15) is 0 Å². The van der Waals surface area contributed by atoms with Crippen molar-refractivity contribution >= 4 is 27.8 Å². The Hall–Kier alpha value is -1.29. The number of nitrogens with zero attached hydrogens (tertiary/aromatic N) is 1. The summed E-state index contributed by atoms with van der Waals surface area (Å²) in [5.74, 6) is 1.32. The minimum absolute atomic E-state index is 0.231. The van der Waals surface area contributed by atoms with Gasteiger partial charge in [-0.25, -0.2) is 0 Å². The van der Waals surface area contributed by atoms with E-state index in [1.54, 1.807) is 7.11 Å². The third-order valence-electron chi connectivity index (χ3n) is 3.94. The van der Waals surface area contributed by atoms with E-state index >= 15 is 0 Å². The molecule has 0 amide bonds. The molecule has 0 unspecified atom stereocenters. The molecule has 0 aliphatic carbocycles. The Bertz CT molecular complexity index is 545. The molecule has 3 aliphatic rings. The van der Waals surface area contributed by atoms with Gasteiger partial charge in [-0.15, -0.1) is 0 Å². The highest BCUT2D eigenvalue weighted by Crippen LogP contribution is 2.34. The predicted octanol–water partition coefficient (Wildman–Crippen LogP) is 3.09. The maximum Gasteiger partial charge on any atom is 0.182 e. The first-order valence-corrected chi connectivity index (χ1v) is 7.33. The highest BCUT2D eigenvalue weighted by Gasteiger charge is 2.36. The fraction of sp³-hybridized carbons (Fsp3) is 0.400. The van der Waals surface area contributed by atoms with Crippen molar-refractivity contribution in [1.82, 2.24) is 4.90 Å². The van der Waals surface area contributed by atoms with E-state index in [-0.39, 0.29) is 5.92 Å². The van der Waals surface area contributed by atoms with Crippen molar-refractivity contribution < 1.29 is 9.53 Å². The molecular formula is C15H16BrNO2. The van der Waals surface area contributed by atoms with Crippen LogP contribution in [0.15, 0.2) is 28.4 Å². The van der Waals surface area contributed by atoms with E-state index in [1.165, 1.54) is 0 Å². The van der Waals surface area contributed by atoms with Crippen molar-refractivity contribution in [3.8, 4) is 5.75 Å². The summed E-state index contributed by atoms with van der Waals surface area (Å²) in [5, 5.41) is 0. The van der Waals surface area contributed by atoms with Crippen LogP contribution in [0.5, 0.6) is 5.75 Å². The van der Waals surface area contributed by atoms with Crippen LogP contribution >= 0.6 is 15.9 Å². The second kappa shape index (κ2) is 5.00. The second-order valence-corrected chi connectivity index (χ2v) is 5.96. The molecule has 4 heteroatoms. The predicted molar refractivity (Wildman–Crippen MR) is 78.0 cm³/mol. The molecule has 3 nitrogen and oxygen atoms in total. The van der Waals surface area contributed by atoms with Crippen LogP contribution in [0.2, 0.25) is 0 Å². The topological polar surface area (TPSA) is 29.5 Å². The number of allylic oxidation sites excluding steroid dienone is 1. The van der Waals surface area contributed by atoms with Crippen molar-refractivity contribution in [2.45, 2.75) is 12.8 Å². The number of halogens is 1. The number of hydrogen-bond acceptors (Lipinski definition) is 3. The van der Waals surface area contributed by atoms with Gasteiger partial charge in [0.05, 0.1) is 12.8 Å². The minimum atomic E-state index is 0.231. The Morgan fingerprint density at radius 1 is 1.37 bits per heavy atom. The zero-order valence-corrected chi connectivity index (χ0v) is 12.4. The Labute approximate surface area is 121 Å².